The summed E-state index contributed by atoms with van der Waals surface area (Å²) in [5.74, 6) is 0.778. The van der Waals surface area contributed by atoms with E-state index in [0.717, 1.165) is 31.2 Å². The Morgan fingerprint density at radius 3 is 2.46 bits per heavy atom. The number of nitrogens with one attached hydrogen (secondary N) is 2. The Morgan fingerprint density at radius 2 is 1.96 bits per heavy atom. The van der Waals surface area contributed by atoms with E-state index in [0.29, 0.717) is 18.3 Å². The molecular weight excluding hydrogens is 328 g/mol. The number of hydrogen-bond acceptors (Lipinski definition) is 4. The SMILES string of the molecule is Cn1cc([C@@H](NC(=O)CC2CC(C)(C)NC(C)(C)C2)C2CC(O)C2)cn1. The van der Waals surface area contributed by atoms with Crippen LogP contribution in [-0.2, 0) is 11.8 Å². The van der Waals surface area contributed by atoms with Crippen LogP contribution in [0, 0.1) is 11.8 Å². The number of carbonyl (C=O) groups excluding carboxylic acids is 1. The third-order valence-corrected chi connectivity index (χ3v) is 5.77. The Bertz CT molecular complexity index is 630. The molecule has 3 N–H and O–H groups in total. The molecule has 6 heteroatoms. The lowest BCUT2D eigenvalue weighted by Gasteiger charge is -2.46. The van der Waals surface area contributed by atoms with Gasteiger partial charge in [0.25, 0.3) is 0 Å². The van der Waals surface area contributed by atoms with Gasteiger partial charge in [-0.25, -0.2) is 0 Å². The van der Waals surface area contributed by atoms with Crippen molar-refractivity contribution in [3.63, 3.8) is 0 Å². The van der Waals surface area contributed by atoms with Crippen LogP contribution in [0.4, 0.5) is 0 Å². The van der Waals surface area contributed by atoms with E-state index in [1.54, 1.807) is 4.68 Å². The molecule has 1 aromatic heterocycles. The van der Waals surface area contributed by atoms with Crippen molar-refractivity contribution < 1.29 is 9.90 Å². The van der Waals surface area contributed by atoms with Crippen molar-refractivity contribution in [3.8, 4) is 0 Å². The summed E-state index contributed by atoms with van der Waals surface area (Å²) in [6, 6.07) is -0.0534. The molecule has 0 spiro atoms. The van der Waals surface area contributed by atoms with E-state index in [4.69, 9.17) is 0 Å². The number of amides is 1. The molecule has 6 nitrogen and oxygen atoms in total. The summed E-state index contributed by atoms with van der Waals surface area (Å²) in [6.45, 7) is 8.86. The smallest absolute Gasteiger partial charge is 0.220 e. The van der Waals surface area contributed by atoms with Crippen LogP contribution >= 0.6 is 0 Å². The zero-order valence-electron chi connectivity index (χ0n) is 16.7. The van der Waals surface area contributed by atoms with Gasteiger partial charge < -0.3 is 15.7 Å². The highest BCUT2D eigenvalue weighted by Gasteiger charge is 2.40. The number of hydrogen-bond donors (Lipinski definition) is 3. The zero-order chi connectivity index (χ0) is 19.1. The average Bonchev–Trinajstić information content (AvgIpc) is 2.84. The van der Waals surface area contributed by atoms with Gasteiger partial charge in [-0.05, 0) is 65.2 Å². The van der Waals surface area contributed by atoms with E-state index < -0.39 is 0 Å². The number of nitrogens with zero attached hydrogens (tertiary/aromatic N) is 2. The highest BCUT2D eigenvalue weighted by molar-refractivity contribution is 5.76. The number of rotatable bonds is 5. The molecule has 2 fully saturated rings. The van der Waals surface area contributed by atoms with E-state index >= 15 is 0 Å². The fourth-order valence-electron chi connectivity index (χ4n) is 5.15. The molecule has 1 amide bonds. The normalized spacial score (nSPS) is 29.0. The summed E-state index contributed by atoms with van der Waals surface area (Å²) in [4.78, 5) is 12.8. The van der Waals surface area contributed by atoms with Crippen molar-refractivity contribution in [1.29, 1.82) is 0 Å². The maximum atomic E-state index is 12.8. The molecule has 26 heavy (non-hydrogen) atoms. The molecule has 1 saturated carbocycles. The van der Waals surface area contributed by atoms with Crippen molar-refractivity contribution in [2.24, 2.45) is 18.9 Å². The van der Waals surface area contributed by atoms with Crippen molar-refractivity contribution in [1.82, 2.24) is 20.4 Å². The van der Waals surface area contributed by atoms with Gasteiger partial charge in [0, 0.05) is 36.3 Å². The highest BCUT2D eigenvalue weighted by Crippen LogP contribution is 2.39. The molecule has 146 valence electrons. The number of aromatic nitrogens is 2. The molecule has 1 saturated heterocycles. The van der Waals surface area contributed by atoms with Crippen molar-refractivity contribution in [2.45, 2.75) is 83.0 Å². The fourth-order valence-corrected chi connectivity index (χ4v) is 5.15. The molecule has 0 aromatic carbocycles. The first-order valence-electron chi connectivity index (χ1n) is 9.78. The minimum absolute atomic E-state index is 0.0491. The minimum atomic E-state index is -0.234. The van der Waals surface area contributed by atoms with Crippen LogP contribution < -0.4 is 10.6 Å². The number of aliphatic hydroxyl groups excluding tert-OH is 1. The topological polar surface area (TPSA) is 79.2 Å². The molecule has 0 bridgehead atoms. The maximum Gasteiger partial charge on any atom is 0.220 e. The van der Waals surface area contributed by atoms with E-state index in [1.807, 2.05) is 19.4 Å². The van der Waals surface area contributed by atoms with Gasteiger partial charge in [-0.3, -0.25) is 9.48 Å². The van der Waals surface area contributed by atoms with Gasteiger partial charge in [0.15, 0.2) is 0 Å². The second-order valence-electron chi connectivity index (χ2n) is 9.75. The van der Waals surface area contributed by atoms with Crippen LogP contribution in [0.3, 0.4) is 0 Å². The van der Waals surface area contributed by atoms with Crippen molar-refractivity contribution in [2.75, 3.05) is 0 Å². The first-order valence-corrected chi connectivity index (χ1v) is 9.78. The summed E-state index contributed by atoms with van der Waals surface area (Å²) in [7, 11) is 1.89. The lowest BCUT2D eigenvalue weighted by atomic mass is 9.74. The number of carbonyl (C=O) groups is 1. The second kappa shape index (κ2) is 6.97. The largest absolute Gasteiger partial charge is 0.393 e. The van der Waals surface area contributed by atoms with Crippen LogP contribution in [0.25, 0.3) is 0 Å². The molecule has 0 unspecified atom stereocenters. The quantitative estimate of drug-likeness (QED) is 0.751. The van der Waals surface area contributed by atoms with Crippen molar-refractivity contribution >= 4 is 5.91 Å². The molecular formula is C20H34N4O2. The number of piperidine rings is 1. The number of aryl methyl sites for hydroxylation is 1. The molecule has 2 heterocycles. The molecule has 2 aliphatic rings. The van der Waals surface area contributed by atoms with Gasteiger partial charge in [0.1, 0.15) is 0 Å². The molecule has 1 atom stereocenters. The zero-order valence-corrected chi connectivity index (χ0v) is 16.7. The van der Waals surface area contributed by atoms with Crippen LogP contribution in [-0.4, -0.2) is 38.0 Å². The Kier molecular flexibility index (Phi) is 5.19. The van der Waals surface area contributed by atoms with Gasteiger partial charge in [0.05, 0.1) is 18.3 Å². The third kappa shape index (κ3) is 4.65. The summed E-state index contributed by atoms with van der Waals surface area (Å²) < 4.78 is 1.77. The molecule has 0 radical (unpaired) electrons. The second-order valence-corrected chi connectivity index (χ2v) is 9.75. The molecule has 1 aromatic rings. The first-order chi connectivity index (χ1) is 12.0. The van der Waals surface area contributed by atoms with E-state index in [-0.39, 0.29) is 29.1 Å². The Hall–Kier alpha value is -1.40. The van der Waals surface area contributed by atoms with Crippen molar-refractivity contribution in [3.05, 3.63) is 18.0 Å². The lowest BCUT2D eigenvalue weighted by Crippen LogP contribution is -2.58. The molecule has 1 aliphatic heterocycles. The monoisotopic (exact) mass is 362 g/mol. The minimum Gasteiger partial charge on any atom is -0.393 e. The van der Waals surface area contributed by atoms with Crippen LogP contribution in [0.5, 0.6) is 0 Å². The predicted molar refractivity (Wildman–Crippen MR) is 101 cm³/mol. The Morgan fingerprint density at radius 1 is 1.35 bits per heavy atom. The number of aliphatic hydroxyl groups is 1. The predicted octanol–water partition coefficient (Wildman–Crippen LogP) is 2.30. The van der Waals surface area contributed by atoms with Gasteiger partial charge in [0.2, 0.25) is 5.91 Å². The Labute approximate surface area is 156 Å². The average molecular weight is 363 g/mol. The van der Waals surface area contributed by atoms with E-state index in [1.165, 1.54) is 0 Å². The third-order valence-electron chi connectivity index (χ3n) is 5.77. The molecule has 1 aliphatic carbocycles. The van der Waals surface area contributed by atoms with Gasteiger partial charge >= 0.3 is 0 Å². The lowest BCUT2D eigenvalue weighted by molar-refractivity contribution is -0.124. The van der Waals surface area contributed by atoms with Crippen LogP contribution in [0.1, 0.15) is 71.4 Å². The summed E-state index contributed by atoms with van der Waals surface area (Å²) >= 11 is 0. The Balaban J connectivity index is 1.64. The van der Waals surface area contributed by atoms with Gasteiger partial charge in [-0.15, -0.1) is 0 Å². The first kappa shape index (κ1) is 19.4. The van der Waals surface area contributed by atoms with Crippen LogP contribution in [0.2, 0.25) is 0 Å². The van der Waals surface area contributed by atoms with Crippen LogP contribution in [0.15, 0.2) is 12.4 Å². The maximum absolute atomic E-state index is 12.8. The summed E-state index contributed by atoms with van der Waals surface area (Å²) in [5.41, 5.74) is 1.13. The summed E-state index contributed by atoms with van der Waals surface area (Å²) in [5, 5.41) is 20.9. The van der Waals surface area contributed by atoms with Gasteiger partial charge in [-0.1, -0.05) is 0 Å². The standard InChI is InChI=1S/C20H34N4O2/c1-19(2)9-13(10-20(3,4)23-19)6-17(26)22-18(14-7-16(25)8-14)15-11-21-24(5)12-15/h11-14,16,18,23,25H,6-10H2,1-5H3,(H,22,26)/t14?,16?,18-/m0/s1. The highest BCUT2D eigenvalue weighted by atomic mass is 16.3. The van der Waals surface area contributed by atoms with E-state index in [2.05, 4.69) is 43.4 Å². The summed E-state index contributed by atoms with van der Waals surface area (Å²) in [6.07, 6.45) is 7.61. The fraction of sp³-hybridized carbons (Fsp3) is 0.800. The van der Waals surface area contributed by atoms with E-state index in [9.17, 15) is 9.90 Å². The molecule has 3 rings (SSSR count). The van der Waals surface area contributed by atoms with Gasteiger partial charge in [-0.2, -0.15) is 5.10 Å².